The predicted octanol–water partition coefficient (Wildman–Crippen LogP) is 8.02. The Hall–Kier alpha value is -4.80. The molecule has 3 aromatic carbocycles. The molecule has 0 aliphatic heterocycles. The SMILES string of the molecule is Cc1cc(C)cc(Oc2[nH]c(=O)[nH]c(=O)c2C(C)C)c1.Cc1cc(C)cc(Oc2c(C(C)C)c(=O)[nH]c(=O)n2Cc2cc(Cl)cc(Cl)c2)c1. The van der Waals surface area contributed by atoms with Crippen molar-refractivity contribution in [2.24, 2.45) is 0 Å². The highest BCUT2D eigenvalue weighted by atomic mass is 35.5. The van der Waals surface area contributed by atoms with Gasteiger partial charge in [0.1, 0.15) is 11.5 Å². The Kier molecular flexibility index (Phi) is 11.8. The van der Waals surface area contributed by atoms with Crippen LogP contribution in [0, 0.1) is 27.7 Å². The number of halogens is 2. The molecule has 0 amide bonds. The number of H-pyrrole nitrogens is 3. The second-order valence-electron chi connectivity index (χ2n) is 12.7. The number of hydrogen-bond donors (Lipinski definition) is 3. The van der Waals surface area contributed by atoms with Crippen LogP contribution < -0.4 is 32.0 Å². The Morgan fingerprint density at radius 3 is 1.57 bits per heavy atom. The van der Waals surface area contributed by atoms with Crippen LogP contribution in [0.1, 0.15) is 78.5 Å². The third kappa shape index (κ3) is 9.64. The molecule has 0 aliphatic carbocycles. The quantitative estimate of drug-likeness (QED) is 0.149. The van der Waals surface area contributed by atoms with E-state index in [1.165, 1.54) is 4.57 Å². The highest BCUT2D eigenvalue weighted by molar-refractivity contribution is 6.34. The first-order valence-corrected chi connectivity index (χ1v) is 16.5. The lowest BCUT2D eigenvalue weighted by Crippen LogP contribution is -2.34. The maximum atomic E-state index is 12.7. The fourth-order valence-corrected chi connectivity index (χ4v) is 6.08. The average Bonchev–Trinajstić information content (AvgIpc) is 2.93. The van der Waals surface area contributed by atoms with Gasteiger partial charge in [-0.3, -0.25) is 29.1 Å². The minimum Gasteiger partial charge on any atom is -0.440 e. The average molecular weight is 708 g/mol. The lowest BCUT2D eigenvalue weighted by molar-refractivity contribution is 0.410. The molecule has 49 heavy (non-hydrogen) atoms. The maximum Gasteiger partial charge on any atom is 0.331 e. The van der Waals surface area contributed by atoms with Crippen LogP contribution in [-0.2, 0) is 6.54 Å². The molecule has 0 spiro atoms. The minimum absolute atomic E-state index is 0.0588. The summed E-state index contributed by atoms with van der Waals surface area (Å²) in [6.45, 7) is 15.5. The van der Waals surface area contributed by atoms with Crippen LogP contribution in [0.3, 0.4) is 0 Å². The van der Waals surface area contributed by atoms with Crippen molar-refractivity contribution in [1.29, 1.82) is 0 Å². The van der Waals surface area contributed by atoms with Crippen molar-refractivity contribution in [2.45, 2.75) is 73.8 Å². The van der Waals surface area contributed by atoms with Crippen molar-refractivity contribution in [2.75, 3.05) is 0 Å². The van der Waals surface area contributed by atoms with Gasteiger partial charge in [-0.15, -0.1) is 0 Å². The molecule has 2 heterocycles. The zero-order valence-electron chi connectivity index (χ0n) is 28.7. The molecule has 0 atom stereocenters. The van der Waals surface area contributed by atoms with Gasteiger partial charge in [0.15, 0.2) is 0 Å². The standard InChI is InChI=1S/C22H22Cl2N2O3.C15H18N2O3/c1-12(2)19-20(27)25-22(28)26(11-15-8-16(23)10-17(24)9-15)21(19)29-18-6-13(3)5-14(4)7-18;1-8(2)12-13(18)16-15(19)17-14(12)20-11-6-9(3)5-10(4)7-11/h5-10,12H,11H2,1-4H3,(H,25,27,28);5-8H,1-4H3,(H2,16,17,18,19). The first-order chi connectivity index (χ1) is 23.0. The van der Waals surface area contributed by atoms with Crippen molar-refractivity contribution in [3.8, 4) is 23.3 Å². The molecule has 5 rings (SSSR count). The van der Waals surface area contributed by atoms with Gasteiger partial charge in [-0.1, -0.05) is 63.0 Å². The molecule has 5 aromatic rings. The summed E-state index contributed by atoms with van der Waals surface area (Å²) in [4.78, 5) is 55.7. The molecule has 0 aliphatic rings. The van der Waals surface area contributed by atoms with Crippen LogP contribution in [0.5, 0.6) is 23.3 Å². The summed E-state index contributed by atoms with van der Waals surface area (Å²) in [6, 6.07) is 16.6. The van der Waals surface area contributed by atoms with E-state index in [0.717, 1.165) is 27.8 Å². The summed E-state index contributed by atoms with van der Waals surface area (Å²) < 4.78 is 13.3. The first-order valence-electron chi connectivity index (χ1n) is 15.7. The Balaban J connectivity index is 0.000000237. The molecule has 3 N–H and O–H groups in total. The van der Waals surface area contributed by atoms with Gasteiger partial charge in [0, 0.05) is 10.0 Å². The smallest absolute Gasteiger partial charge is 0.331 e. The van der Waals surface area contributed by atoms with Crippen LogP contribution in [0.2, 0.25) is 10.0 Å². The summed E-state index contributed by atoms with van der Waals surface area (Å²) in [5.74, 6) is 1.37. The van der Waals surface area contributed by atoms with Gasteiger partial charge in [0.05, 0.1) is 17.7 Å². The van der Waals surface area contributed by atoms with E-state index in [1.807, 2.05) is 91.8 Å². The van der Waals surface area contributed by atoms with Crippen LogP contribution in [-0.4, -0.2) is 19.5 Å². The molecule has 0 fully saturated rings. The molecule has 258 valence electrons. The van der Waals surface area contributed by atoms with E-state index in [2.05, 4.69) is 15.0 Å². The third-order valence-electron chi connectivity index (χ3n) is 7.37. The fourth-order valence-electron chi connectivity index (χ4n) is 5.51. The van der Waals surface area contributed by atoms with E-state index in [-0.39, 0.29) is 30.1 Å². The molecule has 0 saturated carbocycles. The zero-order valence-corrected chi connectivity index (χ0v) is 30.2. The van der Waals surface area contributed by atoms with Gasteiger partial charge in [-0.05, 0) is 110 Å². The van der Waals surface area contributed by atoms with Crippen molar-refractivity contribution in [3.63, 3.8) is 0 Å². The molecule has 0 radical (unpaired) electrons. The maximum absolute atomic E-state index is 12.7. The minimum atomic E-state index is -0.571. The molecule has 0 saturated heterocycles. The van der Waals surface area contributed by atoms with Crippen LogP contribution in [0.4, 0.5) is 0 Å². The summed E-state index contributed by atoms with van der Waals surface area (Å²) in [5, 5.41) is 0.927. The Morgan fingerprint density at radius 2 is 1.08 bits per heavy atom. The lowest BCUT2D eigenvalue weighted by Gasteiger charge is -2.19. The van der Waals surface area contributed by atoms with E-state index >= 15 is 0 Å². The largest absolute Gasteiger partial charge is 0.440 e. The van der Waals surface area contributed by atoms with E-state index in [1.54, 1.807) is 18.2 Å². The van der Waals surface area contributed by atoms with E-state index in [9.17, 15) is 19.2 Å². The number of ether oxygens (including phenoxy) is 2. The number of nitrogens with zero attached hydrogens (tertiary/aromatic N) is 1. The number of aromatic amines is 3. The molecular formula is C37H40Cl2N4O6. The highest BCUT2D eigenvalue weighted by Gasteiger charge is 2.21. The molecule has 0 bridgehead atoms. The van der Waals surface area contributed by atoms with Crippen molar-refractivity contribution >= 4 is 23.2 Å². The van der Waals surface area contributed by atoms with Crippen molar-refractivity contribution in [1.82, 2.24) is 19.5 Å². The van der Waals surface area contributed by atoms with E-state index in [0.29, 0.717) is 32.7 Å². The number of nitrogens with one attached hydrogen (secondary N) is 3. The second-order valence-corrected chi connectivity index (χ2v) is 13.5. The molecule has 2 aromatic heterocycles. The predicted molar refractivity (Wildman–Crippen MR) is 195 cm³/mol. The molecular weight excluding hydrogens is 667 g/mol. The van der Waals surface area contributed by atoms with E-state index in [4.69, 9.17) is 32.7 Å². The summed E-state index contributed by atoms with van der Waals surface area (Å²) >= 11 is 12.2. The summed E-state index contributed by atoms with van der Waals surface area (Å²) in [7, 11) is 0. The fraction of sp³-hybridized carbons (Fsp3) is 0.297. The monoisotopic (exact) mass is 706 g/mol. The summed E-state index contributed by atoms with van der Waals surface area (Å²) in [5.41, 5.74) is 3.70. The Labute approximate surface area is 293 Å². The number of benzene rings is 3. The van der Waals surface area contributed by atoms with Gasteiger partial charge in [-0.25, -0.2) is 9.59 Å². The van der Waals surface area contributed by atoms with Crippen molar-refractivity contribution in [3.05, 3.63) is 145 Å². The van der Waals surface area contributed by atoms with Crippen LogP contribution in [0.25, 0.3) is 0 Å². The summed E-state index contributed by atoms with van der Waals surface area (Å²) in [6.07, 6.45) is 0. The van der Waals surface area contributed by atoms with Crippen LogP contribution >= 0.6 is 23.2 Å². The van der Waals surface area contributed by atoms with Gasteiger partial charge in [0.25, 0.3) is 11.1 Å². The number of aromatic nitrogens is 4. The lowest BCUT2D eigenvalue weighted by atomic mass is 10.1. The topological polar surface area (TPSA) is 139 Å². The third-order valence-corrected chi connectivity index (χ3v) is 7.81. The highest BCUT2D eigenvalue weighted by Crippen LogP contribution is 2.30. The number of rotatable bonds is 8. The molecule has 0 unspecified atom stereocenters. The Morgan fingerprint density at radius 1 is 0.612 bits per heavy atom. The van der Waals surface area contributed by atoms with Gasteiger partial charge >= 0.3 is 11.4 Å². The second kappa shape index (κ2) is 15.6. The number of aryl methyl sites for hydroxylation is 4. The Bertz CT molecular complexity index is 2170. The van der Waals surface area contributed by atoms with Gasteiger partial charge < -0.3 is 9.47 Å². The van der Waals surface area contributed by atoms with E-state index < -0.39 is 22.5 Å². The normalized spacial score (nSPS) is 11.0. The molecule has 10 nitrogen and oxygen atoms in total. The molecule has 12 heteroatoms. The first kappa shape index (κ1) is 37.0. The van der Waals surface area contributed by atoms with Gasteiger partial charge in [0.2, 0.25) is 11.8 Å². The van der Waals surface area contributed by atoms with Crippen LogP contribution in [0.15, 0.2) is 73.8 Å². The zero-order chi connectivity index (χ0) is 36.2. The van der Waals surface area contributed by atoms with Crippen molar-refractivity contribution < 1.29 is 9.47 Å². The van der Waals surface area contributed by atoms with Gasteiger partial charge in [-0.2, -0.15) is 0 Å². The number of hydrogen-bond acceptors (Lipinski definition) is 6.